The highest BCUT2D eigenvalue weighted by Gasteiger charge is 2.28. The van der Waals surface area contributed by atoms with Gasteiger partial charge in [-0.3, -0.25) is 4.79 Å². The Balaban J connectivity index is 2.23. The van der Waals surface area contributed by atoms with Crippen molar-refractivity contribution in [3.8, 4) is 0 Å². The number of carbonyl (C=O) groups is 1. The summed E-state index contributed by atoms with van der Waals surface area (Å²) >= 11 is 1.31. The van der Waals surface area contributed by atoms with Crippen molar-refractivity contribution in [3.63, 3.8) is 0 Å². The van der Waals surface area contributed by atoms with E-state index in [2.05, 4.69) is 33.5 Å². The summed E-state index contributed by atoms with van der Waals surface area (Å²) in [6.07, 6.45) is 0. The molecule has 1 aromatic rings. The minimum absolute atomic E-state index is 0.0843. The fourth-order valence-corrected chi connectivity index (χ4v) is 3.14. The van der Waals surface area contributed by atoms with Crippen LogP contribution < -0.4 is 16.0 Å². The monoisotopic (exact) mass is 297 g/mol. The summed E-state index contributed by atoms with van der Waals surface area (Å²) in [5, 5.41) is 3.79. The number of likely N-dealkylation sites (N-methyl/N-ethyl adjacent to an activating group) is 1. The topological polar surface area (TPSA) is 74.5 Å². The van der Waals surface area contributed by atoms with Crippen LogP contribution in [0.3, 0.4) is 0 Å². The number of aromatic nitrogens is 1. The zero-order chi connectivity index (χ0) is 14.9. The van der Waals surface area contributed by atoms with Gasteiger partial charge in [0.2, 0.25) is 0 Å². The van der Waals surface area contributed by atoms with Crippen molar-refractivity contribution in [2.75, 3.05) is 37.3 Å². The van der Waals surface area contributed by atoms with Crippen LogP contribution in [0, 0.1) is 0 Å². The fourth-order valence-electron chi connectivity index (χ4n) is 2.29. The first-order chi connectivity index (χ1) is 9.40. The first-order valence-electron chi connectivity index (χ1n) is 6.91. The molecule has 1 fully saturated rings. The van der Waals surface area contributed by atoms with Gasteiger partial charge in [-0.15, -0.1) is 0 Å². The molecule has 3 N–H and O–H groups in total. The molecule has 1 amide bonds. The first-order valence-corrected chi connectivity index (χ1v) is 7.68. The van der Waals surface area contributed by atoms with Gasteiger partial charge in [0.1, 0.15) is 10.6 Å². The summed E-state index contributed by atoms with van der Waals surface area (Å²) < 4.78 is 4.17. The summed E-state index contributed by atoms with van der Waals surface area (Å²) in [5.74, 6) is 0.197. The molecule has 0 bridgehead atoms. The second kappa shape index (κ2) is 5.97. The van der Waals surface area contributed by atoms with Gasteiger partial charge in [0, 0.05) is 31.7 Å². The largest absolute Gasteiger partial charge is 0.382 e. The second-order valence-corrected chi connectivity index (χ2v) is 6.40. The van der Waals surface area contributed by atoms with Gasteiger partial charge in [-0.2, -0.15) is 4.37 Å². The highest BCUT2D eigenvalue weighted by molar-refractivity contribution is 7.11. The number of piperazine rings is 1. The maximum absolute atomic E-state index is 12.3. The van der Waals surface area contributed by atoms with Crippen LogP contribution in [-0.4, -0.2) is 53.9 Å². The highest BCUT2D eigenvalue weighted by Crippen LogP contribution is 2.32. The van der Waals surface area contributed by atoms with E-state index in [0.717, 1.165) is 24.6 Å². The number of nitrogens with two attached hydrogens (primary N) is 1. The SMILES string of the molecule is CC(C)NC(=O)c1c(N)nsc1N1CCN(C)C(C)C1. The van der Waals surface area contributed by atoms with Crippen molar-refractivity contribution >= 4 is 28.3 Å². The van der Waals surface area contributed by atoms with Crippen molar-refractivity contribution in [2.24, 2.45) is 0 Å². The van der Waals surface area contributed by atoms with Gasteiger partial charge >= 0.3 is 0 Å². The van der Waals surface area contributed by atoms with E-state index in [9.17, 15) is 4.79 Å². The lowest BCUT2D eigenvalue weighted by Crippen LogP contribution is -2.50. The molecule has 112 valence electrons. The molecule has 1 aliphatic heterocycles. The zero-order valence-electron chi connectivity index (χ0n) is 12.5. The Morgan fingerprint density at radius 2 is 2.20 bits per heavy atom. The van der Waals surface area contributed by atoms with Crippen LogP contribution in [0.2, 0.25) is 0 Å². The van der Waals surface area contributed by atoms with E-state index in [1.165, 1.54) is 11.5 Å². The van der Waals surface area contributed by atoms with E-state index in [1.54, 1.807) is 0 Å². The highest BCUT2D eigenvalue weighted by atomic mass is 32.1. The first kappa shape index (κ1) is 15.1. The van der Waals surface area contributed by atoms with Gasteiger partial charge in [-0.05, 0) is 39.4 Å². The van der Waals surface area contributed by atoms with Crippen LogP contribution in [0.5, 0.6) is 0 Å². The van der Waals surface area contributed by atoms with E-state index in [-0.39, 0.29) is 11.9 Å². The Hall–Kier alpha value is -1.34. The third-order valence-corrected chi connectivity index (χ3v) is 4.52. The summed E-state index contributed by atoms with van der Waals surface area (Å²) in [4.78, 5) is 16.8. The Bertz CT molecular complexity index is 487. The van der Waals surface area contributed by atoms with Crippen LogP contribution in [0.25, 0.3) is 0 Å². The molecule has 0 saturated carbocycles. The second-order valence-electron chi connectivity index (χ2n) is 5.65. The van der Waals surface area contributed by atoms with Crippen LogP contribution in [0.4, 0.5) is 10.8 Å². The van der Waals surface area contributed by atoms with Gasteiger partial charge in [-0.25, -0.2) is 0 Å². The predicted molar refractivity (Wildman–Crippen MR) is 83.4 cm³/mol. The van der Waals surface area contributed by atoms with Crippen LogP contribution in [-0.2, 0) is 0 Å². The van der Waals surface area contributed by atoms with E-state index in [1.807, 2.05) is 13.8 Å². The van der Waals surface area contributed by atoms with Crippen LogP contribution in [0.1, 0.15) is 31.1 Å². The molecule has 0 aliphatic carbocycles. The van der Waals surface area contributed by atoms with Gasteiger partial charge in [0.05, 0.1) is 0 Å². The number of amides is 1. The summed E-state index contributed by atoms with van der Waals surface area (Å²) in [6, 6.07) is 0.536. The van der Waals surface area contributed by atoms with Crippen molar-refractivity contribution < 1.29 is 4.79 Å². The molecule has 0 radical (unpaired) electrons. The lowest BCUT2D eigenvalue weighted by molar-refractivity contribution is 0.0944. The number of nitrogens with zero attached hydrogens (tertiary/aromatic N) is 3. The maximum atomic E-state index is 12.3. The lowest BCUT2D eigenvalue weighted by atomic mass is 10.2. The number of hydrogen-bond acceptors (Lipinski definition) is 6. The summed E-state index contributed by atoms with van der Waals surface area (Å²) in [6.45, 7) is 8.82. The van der Waals surface area contributed by atoms with Gasteiger partial charge in [-0.1, -0.05) is 0 Å². The van der Waals surface area contributed by atoms with Gasteiger partial charge < -0.3 is 20.9 Å². The number of nitrogens with one attached hydrogen (secondary N) is 1. The average molecular weight is 297 g/mol. The molecule has 6 nitrogen and oxygen atoms in total. The Kier molecular flexibility index (Phi) is 4.49. The Labute approximate surface area is 124 Å². The standard InChI is InChI=1S/C13H23N5OS/c1-8(2)15-12(19)10-11(14)16-20-13(10)18-6-5-17(4)9(3)7-18/h8-9H,5-7H2,1-4H3,(H2,14,16)(H,15,19). The average Bonchev–Trinajstić information content (AvgIpc) is 2.74. The van der Waals surface area contributed by atoms with Gasteiger partial charge in [0.15, 0.2) is 5.82 Å². The molecule has 1 aromatic heterocycles. The number of nitrogen functional groups attached to an aromatic ring is 1. The molecule has 1 atom stereocenters. The van der Waals surface area contributed by atoms with E-state index in [4.69, 9.17) is 5.73 Å². The number of hydrogen-bond donors (Lipinski definition) is 2. The fraction of sp³-hybridized carbons (Fsp3) is 0.692. The van der Waals surface area contributed by atoms with Gasteiger partial charge in [0.25, 0.3) is 5.91 Å². The number of rotatable bonds is 3. The summed E-state index contributed by atoms with van der Waals surface area (Å²) in [7, 11) is 2.12. The lowest BCUT2D eigenvalue weighted by Gasteiger charge is -2.38. The quantitative estimate of drug-likeness (QED) is 0.871. The Morgan fingerprint density at radius 3 is 2.80 bits per heavy atom. The molecule has 1 aliphatic rings. The van der Waals surface area contributed by atoms with E-state index >= 15 is 0 Å². The summed E-state index contributed by atoms with van der Waals surface area (Å²) in [5.41, 5.74) is 6.42. The Morgan fingerprint density at radius 1 is 1.50 bits per heavy atom. The normalized spacial score (nSPS) is 20.4. The molecule has 1 saturated heterocycles. The molecular formula is C13H23N5OS. The molecule has 0 spiro atoms. The molecule has 2 heterocycles. The third-order valence-electron chi connectivity index (χ3n) is 3.59. The van der Waals surface area contributed by atoms with Crippen molar-refractivity contribution in [1.82, 2.24) is 14.6 Å². The predicted octanol–water partition coefficient (Wildman–Crippen LogP) is 1.00. The molecule has 20 heavy (non-hydrogen) atoms. The van der Waals surface area contributed by atoms with Crippen LogP contribution in [0.15, 0.2) is 0 Å². The van der Waals surface area contributed by atoms with Crippen LogP contribution >= 0.6 is 11.5 Å². The molecule has 0 aromatic carbocycles. The molecule has 1 unspecified atom stereocenters. The molecule has 2 rings (SSSR count). The minimum atomic E-state index is -0.132. The minimum Gasteiger partial charge on any atom is -0.382 e. The van der Waals surface area contributed by atoms with Crippen molar-refractivity contribution in [1.29, 1.82) is 0 Å². The van der Waals surface area contributed by atoms with Crippen molar-refractivity contribution in [2.45, 2.75) is 32.9 Å². The number of carbonyl (C=O) groups excluding carboxylic acids is 1. The number of anilines is 2. The zero-order valence-corrected chi connectivity index (χ0v) is 13.3. The third kappa shape index (κ3) is 3.04. The van der Waals surface area contributed by atoms with E-state index < -0.39 is 0 Å². The molecule has 7 heteroatoms. The maximum Gasteiger partial charge on any atom is 0.258 e. The van der Waals surface area contributed by atoms with E-state index in [0.29, 0.717) is 17.4 Å². The molecular weight excluding hydrogens is 274 g/mol. The van der Waals surface area contributed by atoms with Crippen molar-refractivity contribution in [3.05, 3.63) is 5.56 Å². The smallest absolute Gasteiger partial charge is 0.258 e.